The van der Waals surface area contributed by atoms with Gasteiger partial charge in [-0.25, -0.2) is 4.98 Å². The SMILES string of the molecule is Cc1cc(Br)ccc1NC(=O)CNC(=O)Cn1cnc2ccccc2c1=O. The van der Waals surface area contributed by atoms with Gasteiger partial charge in [0, 0.05) is 10.2 Å². The van der Waals surface area contributed by atoms with Gasteiger partial charge in [-0.05, 0) is 42.8 Å². The predicted octanol–water partition coefficient (Wildman–Crippen LogP) is 2.22. The molecule has 2 amide bonds. The minimum atomic E-state index is -0.447. The molecule has 3 rings (SSSR count). The van der Waals surface area contributed by atoms with Gasteiger partial charge in [0.1, 0.15) is 6.54 Å². The van der Waals surface area contributed by atoms with E-state index in [0.717, 1.165) is 10.0 Å². The van der Waals surface area contributed by atoms with Crippen molar-refractivity contribution in [1.82, 2.24) is 14.9 Å². The van der Waals surface area contributed by atoms with Crippen LogP contribution in [-0.2, 0) is 16.1 Å². The molecule has 1 heterocycles. The van der Waals surface area contributed by atoms with Crippen molar-refractivity contribution in [3.05, 3.63) is 69.2 Å². The quantitative estimate of drug-likeness (QED) is 0.651. The second kappa shape index (κ2) is 8.13. The third kappa shape index (κ3) is 4.59. The van der Waals surface area contributed by atoms with E-state index in [1.54, 1.807) is 30.3 Å². The van der Waals surface area contributed by atoms with Gasteiger partial charge in [0.2, 0.25) is 11.8 Å². The minimum absolute atomic E-state index is 0.190. The Balaban J connectivity index is 1.59. The fraction of sp³-hybridized carbons (Fsp3) is 0.158. The van der Waals surface area contributed by atoms with Crippen LogP contribution >= 0.6 is 15.9 Å². The Labute approximate surface area is 163 Å². The van der Waals surface area contributed by atoms with Crippen LogP contribution in [0, 0.1) is 6.92 Å². The van der Waals surface area contributed by atoms with Crippen LogP contribution in [0.2, 0.25) is 0 Å². The third-order valence-corrected chi connectivity index (χ3v) is 4.45. The average molecular weight is 429 g/mol. The molecule has 0 bridgehead atoms. The molecule has 0 spiro atoms. The molecule has 3 aromatic rings. The van der Waals surface area contributed by atoms with Crippen LogP contribution in [0.5, 0.6) is 0 Å². The molecular weight excluding hydrogens is 412 g/mol. The van der Waals surface area contributed by atoms with Gasteiger partial charge >= 0.3 is 0 Å². The fourth-order valence-corrected chi connectivity index (χ4v) is 3.05. The largest absolute Gasteiger partial charge is 0.345 e. The first-order chi connectivity index (χ1) is 12.9. The smallest absolute Gasteiger partial charge is 0.261 e. The number of para-hydroxylation sites is 1. The Morgan fingerprint density at radius 1 is 1.15 bits per heavy atom. The van der Waals surface area contributed by atoms with Crippen molar-refractivity contribution in [2.24, 2.45) is 0 Å². The minimum Gasteiger partial charge on any atom is -0.345 e. The molecule has 0 radical (unpaired) electrons. The summed E-state index contributed by atoms with van der Waals surface area (Å²) in [5, 5.41) is 5.69. The molecule has 2 N–H and O–H groups in total. The molecule has 0 atom stereocenters. The van der Waals surface area contributed by atoms with Crippen molar-refractivity contribution in [3.63, 3.8) is 0 Å². The Bertz CT molecular complexity index is 1080. The van der Waals surface area contributed by atoms with Gasteiger partial charge in [-0.15, -0.1) is 0 Å². The van der Waals surface area contributed by atoms with Gasteiger partial charge in [-0.2, -0.15) is 0 Å². The van der Waals surface area contributed by atoms with Crippen molar-refractivity contribution in [2.45, 2.75) is 13.5 Å². The maximum absolute atomic E-state index is 12.4. The van der Waals surface area contributed by atoms with Gasteiger partial charge in [0.25, 0.3) is 5.56 Å². The maximum atomic E-state index is 12.4. The van der Waals surface area contributed by atoms with Gasteiger partial charge < -0.3 is 10.6 Å². The van der Waals surface area contributed by atoms with Crippen LogP contribution in [0.25, 0.3) is 10.9 Å². The zero-order valence-corrected chi connectivity index (χ0v) is 16.1. The van der Waals surface area contributed by atoms with Gasteiger partial charge in [-0.1, -0.05) is 28.1 Å². The molecule has 0 aliphatic heterocycles. The highest BCUT2D eigenvalue weighted by molar-refractivity contribution is 9.10. The van der Waals surface area contributed by atoms with Crippen LogP contribution < -0.4 is 16.2 Å². The lowest BCUT2D eigenvalue weighted by Gasteiger charge is -2.10. The highest BCUT2D eigenvalue weighted by Crippen LogP contribution is 2.19. The molecule has 0 saturated heterocycles. The number of fused-ring (bicyclic) bond motifs is 1. The number of anilines is 1. The molecular formula is C19H17BrN4O3. The standard InChI is InChI=1S/C19H17BrN4O3/c1-12-8-13(20)6-7-15(12)23-17(25)9-21-18(26)10-24-11-22-16-5-3-2-4-14(16)19(24)27/h2-8,11H,9-10H2,1H3,(H,21,26)(H,23,25). The summed E-state index contributed by atoms with van der Waals surface area (Å²) in [6.07, 6.45) is 1.33. The van der Waals surface area contributed by atoms with Crippen molar-refractivity contribution in [1.29, 1.82) is 0 Å². The summed E-state index contributed by atoms with van der Waals surface area (Å²) in [7, 11) is 0. The van der Waals surface area contributed by atoms with E-state index in [9.17, 15) is 14.4 Å². The number of carbonyl (C=O) groups excluding carboxylic acids is 2. The van der Waals surface area contributed by atoms with E-state index in [-0.39, 0.29) is 24.6 Å². The Morgan fingerprint density at radius 2 is 1.93 bits per heavy atom. The lowest BCUT2D eigenvalue weighted by Crippen LogP contribution is -2.37. The van der Waals surface area contributed by atoms with E-state index in [0.29, 0.717) is 16.6 Å². The number of rotatable bonds is 5. The number of benzene rings is 2. The molecule has 0 aliphatic rings. The molecule has 0 aliphatic carbocycles. The molecule has 7 nitrogen and oxygen atoms in total. The monoisotopic (exact) mass is 428 g/mol. The molecule has 27 heavy (non-hydrogen) atoms. The highest BCUT2D eigenvalue weighted by atomic mass is 79.9. The van der Waals surface area contributed by atoms with E-state index in [1.165, 1.54) is 10.9 Å². The second-order valence-electron chi connectivity index (χ2n) is 5.98. The predicted molar refractivity (Wildman–Crippen MR) is 107 cm³/mol. The van der Waals surface area contributed by atoms with Gasteiger partial charge in [0.05, 0.1) is 23.8 Å². The lowest BCUT2D eigenvalue weighted by molar-refractivity contribution is -0.124. The van der Waals surface area contributed by atoms with Crippen molar-refractivity contribution in [2.75, 3.05) is 11.9 Å². The van der Waals surface area contributed by atoms with Gasteiger partial charge in [-0.3, -0.25) is 19.0 Å². The van der Waals surface area contributed by atoms with E-state index < -0.39 is 5.91 Å². The number of nitrogens with zero attached hydrogens (tertiary/aromatic N) is 2. The first kappa shape index (κ1) is 18.8. The Hall–Kier alpha value is -3.00. The second-order valence-corrected chi connectivity index (χ2v) is 6.89. The van der Waals surface area contributed by atoms with Crippen LogP contribution in [0.15, 0.2) is 58.1 Å². The topological polar surface area (TPSA) is 93.1 Å². The Morgan fingerprint density at radius 3 is 2.70 bits per heavy atom. The number of halogens is 1. The van der Waals surface area contributed by atoms with E-state index in [1.807, 2.05) is 19.1 Å². The summed E-state index contributed by atoms with van der Waals surface area (Å²) in [5.74, 6) is -0.797. The summed E-state index contributed by atoms with van der Waals surface area (Å²) in [4.78, 5) is 40.6. The third-order valence-electron chi connectivity index (χ3n) is 3.95. The molecule has 0 saturated carbocycles. The molecule has 8 heteroatoms. The highest BCUT2D eigenvalue weighted by Gasteiger charge is 2.10. The first-order valence-electron chi connectivity index (χ1n) is 8.21. The first-order valence-corrected chi connectivity index (χ1v) is 9.00. The number of aryl methyl sites for hydroxylation is 1. The normalized spacial score (nSPS) is 10.6. The maximum Gasteiger partial charge on any atom is 0.261 e. The van der Waals surface area contributed by atoms with E-state index >= 15 is 0 Å². The molecule has 1 aromatic heterocycles. The summed E-state index contributed by atoms with van der Waals surface area (Å²) in [5.41, 5.74) is 1.85. The molecule has 0 fully saturated rings. The fourth-order valence-electron chi connectivity index (χ4n) is 2.57. The zero-order chi connectivity index (χ0) is 19.4. The lowest BCUT2D eigenvalue weighted by atomic mass is 10.2. The van der Waals surface area contributed by atoms with Crippen LogP contribution in [0.4, 0.5) is 5.69 Å². The van der Waals surface area contributed by atoms with Crippen molar-refractivity contribution >= 4 is 44.3 Å². The van der Waals surface area contributed by atoms with Crippen LogP contribution in [0.3, 0.4) is 0 Å². The number of nitrogens with one attached hydrogen (secondary N) is 2. The van der Waals surface area contributed by atoms with Crippen LogP contribution in [0.1, 0.15) is 5.56 Å². The Kier molecular flexibility index (Phi) is 5.66. The average Bonchev–Trinajstić information content (AvgIpc) is 2.65. The number of amides is 2. The number of hydrogen-bond donors (Lipinski definition) is 2. The van der Waals surface area contributed by atoms with Crippen LogP contribution in [-0.4, -0.2) is 27.9 Å². The molecule has 138 valence electrons. The van der Waals surface area contributed by atoms with E-state index in [2.05, 4.69) is 31.5 Å². The number of carbonyl (C=O) groups is 2. The molecule has 2 aromatic carbocycles. The number of aromatic nitrogens is 2. The van der Waals surface area contributed by atoms with Gasteiger partial charge in [0.15, 0.2) is 0 Å². The number of hydrogen-bond acceptors (Lipinski definition) is 4. The summed E-state index contributed by atoms with van der Waals surface area (Å²) >= 11 is 3.36. The summed E-state index contributed by atoms with van der Waals surface area (Å²) < 4.78 is 2.13. The summed E-state index contributed by atoms with van der Waals surface area (Å²) in [6, 6.07) is 12.4. The van der Waals surface area contributed by atoms with E-state index in [4.69, 9.17) is 0 Å². The summed E-state index contributed by atoms with van der Waals surface area (Å²) in [6.45, 7) is 1.48. The van der Waals surface area contributed by atoms with Crippen molar-refractivity contribution in [3.8, 4) is 0 Å². The zero-order valence-electron chi connectivity index (χ0n) is 14.5. The van der Waals surface area contributed by atoms with Crippen molar-refractivity contribution < 1.29 is 9.59 Å². The molecule has 0 unspecified atom stereocenters.